The summed E-state index contributed by atoms with van der Waals surface area (Å²) in [5.74, 6) is 1.37. The maximum absolute atomic E-state index is 13.1. The number of halogens is 1. The third kappa shape index (κ3) is 3.92. The van der Waals surface area contributed by atoms with Crippen molar-refractivity contribution in [3.05, 3.63) is 58.9 Å². The Bertz CT molecular complexity index is 861. The van der Waals surface area contributed by atoms with Gasteiger partial charge in [0, 0.05) is 17.5 Å². The molecule has 0 atom stereocenters. The molecular weight excluding hydrogens is 333 g/mol. The molecule has 2 heterocycles. The van der Waals surface area contributed by atoms with E-state index in [1.54, 1.807) is 18.3 Å². The average Bonchev–Trinajstić information content (AvgIpc) is 3.21. The highest BCUT2D eigenvalue weighted by Crippen LogP contribution is 2.26. The number of nitrogens with zero attached hydrogens (tertiary/aromatic N) is 4. The smallest absolute Gasteiger partial charge is 0.172 e. The molecule has 2 aromatic heterocycles. The van der Waals surface area contributed by atoms with Gasteiger partial charge >= 0.3 is 0 Å². The summed E-state index contributed by atoms with van der Waals surface area (Å²) in [5.41, 5.74) is 2.88. The van der Waals surface area contributed by atoms with E-state index in [0.29, 0.717) is 13.1 Å². The number of nitrogens with one attached hydrogen (secondary N) is 1. The third-order valence-electron chi connectivity index (χ3n) is 4.19. The van der Waals surface area contributed by atoms with Crippen molar-refractivity contribution in [2.75, 3.05) is 5.32 Å². The fourth-order valence-corrected chi connectivity index (χ4v) is 2.89. The van der Waals surface area contributed by atoms with Gasteiger partial charge in [-0.2, -0.15) is 0 Å². The summed E-state index contributed by atoms with van der Waals surface area (Å²) in [6.07, 6.45) is 2.52. The number of aromatic nitrogens is 4. The van der Waals surface area contributed by atoms with E-state index in [9.17, 15) is 4.39 Å². The monoisotopic (exact) mass is 357 g/mol. The van der Waals surface area contributed by atoms with Crippen LogP contribution in [-0.2, 0) is 24.9 Å². The van der Waals surface area contributed by atoms with E-state index in [0.717, 1.165) is 34.8 Å². The molecule has 0 aliphatic carbocycles. The predicted octanol–water partition coefficient (Wildman–Crippen LogP) is 3.93. The molecule has 26 heavy (non-hydrogen) atoms. The Kier molecular flexibility index (Phi) is 5.06. The first-order valence-corrected chi connectivity index (χ1v) is 8.73. The maximum atomic E-state index is 13.1. The fourth-order valence-electron chi connectivity index (χ4n) is 2.89. The molecule has 6 nitrogen and oxygen atoms in total. The lowest BCUT2D eigenvalue weighted by Gasteiger charge is -2.16. The molecule has 3 aromatic rings. The van der Waals surface area contributed by atoms with Crippen molar-refractivity contribution >= 4 is 5.82 Å². The summed E-state index contributed by atoms with van der Waals surface area (Å²) in [7, 11) is 0. The molecule has 1 aromatic carbocycles. The van der Waals surface area contributed by atoms with Gasteiger partial charge in [-0.15, -0.1) is 5.10 Å². The molecule has 0 fully saturated rings. The van der Waals surface area contributed by atoms with E-state index in [2.05, 4.69) is 48.5 Å². The van der Waals surface area contributed by atoms with Crippen LogP contribution in [0, 0.1) is 5.82 Å². The first-order valence-electron chi connectivity index (χ1n) is 8.73. The van der Waals surface area contributed by atoms with Crippen LogP contribution < -0.4 is 5.32 Å². The van der Waals surface area contributed by atoms with E-state index in [-0.39, 0.29) is 11.2 Å². The molecule has 138 valence electrons. The lowest BCUT2D eigenvalue weighted by Crippen LogP contribution is -2.14. The molecule has 3 rings (SSSR count). The standard InChI is InChI=1S/C19H24FN5O/c1-5-16-18(21-10-14-11-22-26-17(14)19(2,3)4)23-24-25(16)12-13-6-8-15(20)9-7-13/h6-9,11,21H,5,10,12H2,1-4H3. The average molecular weight is 357 g/mol. The van der Waals surface area contributed by atoms with Crippen LogP contribution in [0.3, 0.4) is 0 Å². The van der Waals surface area contributed by atoms with Gasteiger partial charge in [0.25, 0.3) is 0 Å². The molecule has 7 heteroatoms. The van der Waals surface area contributed by atoms with Crippen molar-refractivity contribution in [2.24, 2.45) is 0 Å². The van der Waals surface area contributed by atoms with Crippen molar-refractivity contribution in [2.45, 2.75) is 52.6 Å². The van der Waals surface area contributed by atoms with Gasteiger partial charge < -0.3 is 9.84 Å². The summed E-state index contributed by atoms with van der Waals surface area (Å²) in [6, 6.07) is 6.43. The lowest BCUT2D eigenvalue weighted by molar-refractivity contribution is 0.327. The molecule has 1 N–H and O–H groups in total. The Balaban J connectivity index is 1.74. The minimum atomic E-state index is -0.242. The van der Waals surface area contributed by atoms with Gasteiger partial charge in [-0.05, 0) is 24.1 Å². The number of benzene rings is 1. The van der Waals surface area contributed by atoms with Crippen LogP contribution in [0.2, 0.25) is 0 Å². The first kappa shape index (κ1) is 18.1. The van der Waals surface area contributed by atoms with Crippen LogP contribution in [-0.4, -0.2) is 20.2 Å². The van der Waals surface area contributed by atoms with Crippen molar-refractivity contribution in [1.29, 1.82) is 0 Å². The van der Waals surface area contributed by atoms with E-state index in [1.165, 1.54) is 12.1 Å². The second-order valence-electron chi connectivity index (χ2n) is 7.31. The minimum absolute atomic E-state index is 0.110. The van der Waals surface area contributed by atoms with Gasteiger partial charge in [-0.1, -0.05) is 50.2 Å². The number of rotatable bonds is 6. The predicted molar refractivity (Wildman–Crippen MR) is 97.4 cm³/mol. The van der Waals surface area contributed by atoms with Gasteiger partial charge in [0.2, 0.25) is 0 Å². The third-order valence-corrected chi connectivity index (χ3v) is 4.19. The molecule has 0 spiro atoms. The zero-order valence-corrected chi connectivity index (χ0v) is 15.6. The molecular formula is C19H24FN5O. The lowest BCUT2D eigenvalue weighted by atomic mass is 9.90. The van der Waals surface area contributed by atoms with Crippen LogP contribution in [0.5, 0.6) is 0 Å². The number of hydrogen-bond donors (Lipinski definition) is 1. The number of hydrogen-bond acceptors (Lipinski definition) is 5. The fraction of sp³-hybridized carbons (Fsp3) is 0.421. The summed E-state index contributed by atoms with van der Waals surface area (Å²) >= 11 is 0. The van der Waals surface area contributed by atoms with Crippen molar-refractivity contribution < 1.29 is 8.91 Å². The van der Waals surface area contributed by atoms with E-state index in [1.807, 2.05) is 4.68 Å². The SMILES string of the molecule is CCc1c(NCc2cnoc2C(C)(C)C)nnn1Cc1ccc(F)cc1. The topological polar surface area (TPSA) is 68.8 Å². The van der Waals surface area contributed by atoms with Crippen LogP contribution in [0.1, 0.15) is 50.3 Å². The van der Waals surface area contributed by atoms with Gasteiger partial charge in [0.05, 0.1) is 18.4 Å². The van der Waals surface area contributed by atoms with Gasteiger partial charge in [-0.3, -0.25) is 0 Å². The van der Waals surface area contributed by atoms with E-state index < -0.39 is 0 Å². The highest BCUT2D eigenvalue weighted by atomic mass is 19.1. The van der Waals surface area contributed by atoms with Crippen molar-refractivity contribution in [3.63, 3.8) is 0 Å². The summed E-state index contributed by atoms with van der Waals surface area (Å²) < 4.78 is 20.3. The van der Waals surface area contributed by atoms with Gasteiger partial charge in [-0.25, -0.2) is 9.07 Å². The molecule has 0 saturated heterocycles. The van der Waals surface area contributed by atoms with Gasteiger partial charge in [0.15, 0.2) is 5.82 Å². The Morgan fingerprint density at radius 1 is 1.19 bits per heavy atom. The summed E-state index contributed by atoms with van der Waals surface area (Å²) in [5, 5.41) is 15.8. The molecule has 0 aliphatic rings. The molecule has 0 amide bonds. The molecule has 0 bridgehead atoms. The minimum Gasteiger partial charge on any atom is -0.363 e. The van der Waals surface area contributed by atoms with E-state index >= 15 is 0 Å². The second kappa shape index (κ2) is 7.27. The highest BCUT2D eigenvalue weighted by Gasteiger charge is 2.23. The highest BCUT2D eigenvalue weighted by molar-refractivity contribution is 5.41. The Hall–Kier alpha value is -2.70. The Morgan fingerprint density at radius 3 is 2.58 bits per heavy atom. The van der Waals surface area contributed by atoms with Crippen LogP contribution in [0.4, 0.5) is 10.2 Å². The van der Waals surface area contributed by atoms with Crippen molar-refractivity contribution in [1.82, 2.24) is 20.2 Å². The van der Waals surface area contributed by atoms with Crippen molar-refractivity contribution in [3.8, 4) is 0 Å². The maximum Gasteiger partial charge on any atom is 0.172 e. The molecule has 0 radical (unpaired) electrons. The van der Waals surface area contributed by atoms with Gasteiger partial charge in [0.1, 0.15) is 11.6 Å². The Morgan fingerprint density at radius 2 is 1.92 bits per heavy atom. The molecule has 0 aliphatic heterocycles. The second-order valence-corrected chi connectivity index (χ2v) is 7.31. The van der Waals surface area contributed by atoms with Crippen LogP contribution >= 0.6 is 0 Å². The quantitative estimate of drug-likeness (QED) is 0.724. The first-order chi connectivity index (χ1) is 12.4. The van der Waals surface area contributed by atoms with E-state index in [4.69, 9.17) is 4.52 Å². The van der Waals surface area contributed by atoms with Crippen LogP contribution in [0.25, 0.3) is 0 Å². The summed E-state index contributed by atoms with van der Waals surface area (Å²) in [4.78, 5) is 0. The largest absolute Gasteiger partial charge is 0.363 e. The Labute approximate surface area is 152 Å². The summed E-state index contributed by atoms with van der Waals surface area (Å²) in [6.45, 7) is 9.45. The number of anilines is 1. The van der Waals surface area contributed by atoms with Crippen LogP contribution in [0.15, 0.2) is 35.0 Å². The molecule has 0 saturated carbocycles. The zero-order valence-electron chi connectivity index (χ0n) is 15.6. The molecule has 0 unspecified atom stereocenters. The zero-order chi connectivity index (χ0) is 18.7. The normalized spacial score (nSPS) is 11.7.